The maximum atomic E-state index is 11.2. The van der Waals surface area contributed by atoms with Crippen LogP contribution in [-0.2, 0) is 30.2 Å². The quantitative estimate of drug-likeness (QED) is 0.0595. The third kappa shape index (κ3) is 16.7. The first-order valence-corrected chi connectivity index (χ1v) is 15.3. The van der Waals surface area contributed by atoms with Crippen molar-refractivity contribution in [2.45, 2.75) is 38.7 Å². The molecule has 0 saturated carbocycles. The third-order valence-electron chi connectivity index (χ3n) is 6.15. The van der Waals surface area contributed by atoms with Crippen LogP contribution in [-0.4, -0.2) is 65.3 Å². The minimum Gasteiger partial charge on any atom is -0.495 e. The molecule has 1 unspecified atom stereocenters. The van der Waals surface area contributed by atoms with Gasteiger partial charge in [0.2, 0.25) is 0 Å². The van der Waals surface area contributed by atoms with Gasteiger partial charge < -0.3 is 23.7 Å². The van der Waals surface area contributed by atoms with E-state index in [1.54, 1.807) is 31.4 Å². The number of halogens is 1. The lowest BCUT2D eigenvalue weighted by atomic mass is 10.0. The molecule has 0 fully saturated rings. The predicted molar refractivity (Wildman–Crippen MR) is 183 cm³/mol. The Kier molecular flexibility index (Phi) is 21.6. The molecule has 0 amide bonds. The van der Waals surface area contributed by atoms with Gasteiger partial charge in [-0.15, -0.1) is 0 Å². The zero-order chi connectivity index (χ0) is 34.0. The Bertz CT molecular complexity index is 1300. The van der Waals surface area contributed by atoms with Crippen LogP contribution in [0, 0.1) is 0 Å². The summed E-state index contributed by atoms with van der Waals surface area (Å²) in [5, 5.41) is 0.646. The smallest absolute Gasteiger partial charge is 0.330 e. The van der Waals surface area contributed by atoms with Gasteiger partial charge in [0.05, 0.1) is 32.0 Å². The Morgan fingerprint density at radius 1 is 0.891 bits per heavy atom. The lowest BCUT2D eigenvalue weighted by Crippen LogP contribution is -2.27. The molecule has 3 aromatic rings. The zero-order valence-corrected chi connectivity index (χ0v) is 27.7. The van der Waals surface area contributed by atoms with Crippen LogP contribution in [0.15, 0.2) is 92.0 Å². The summed E-state index contributed by atoms with van der Waals surface area (Å²) in [5.41, 5.74) is 4.29. The molecule has 248 valence electrons. The van der Waals surface area contributed by atoms with E-state index >= 15 is 0 Å². The maximum Gasteiger partial charge on any atom is 0.330 e. The van der Waals surface area contributed by atoms with Gasteiger partial charge in [-0.25, -0.2) is 4.79 Å². The van der Waals surface area contributed by atoms with Gasteiger partial charge in [-0.3, -0.25) is 9.59 Å². The molecule has 0 aromatic heterocycles. The van der Waals surface area contributed by atoms with E-state index in [1.165, 1.54) is 30.7 Å². The van der Waals surface area contributed by atoms with E-state index in [1.807, 2.05) is 18.2 Å². The largest absolute Gasteiger partial charge is 0.495 e. The SMILES string of the molecule is C=CC(=O)OC(COC)COCCCCOc1ccc(C=O)cc1.C=CC=O.CCCc1ccc(-c2ccc(OC)c(Cl)c2)cc1. The summed E-state index contributed by atoms with van der Waals surface area (Å²) in [5.74, 6) is 0.954. The van der Waals surface area contributed by atoms with Crippen LogP contribution in [0.3, 0.4) is 0 Å². The number of hydrogen-bond acceptors (Lipinski definition) is 8. The van der Waals surface area contributed by atoms with Crippen LogP contribution >= 0.6 is 11.6 Å². The molecule has 0 bridgehead atoms. The molecular weight excluding hydrogens is 608 g/mol. The highest BCUT2D eigenvalue weighted by atomic mass is 35.5. The summed E-state index contributed by atoms with van der Waals surface area (Å²) in [7, 11) is 3.16. The van der Waals surface area contributed by atoms with Crippen molar-refractivity contribution in [2.24, 2.45) is 0 Å². The van der Waals surface area contributed by atoms with Gasteiger partial charge in [0, 0.05) is 25.4 Å². The van der Waals surface area contributed by atoms with Crippen molar-refractivity contribution in [1.29, 1.82) is 0 Å². The lowest BCUT2D eigenvalue weighted by Gasteiger charge is -2.16. The second-order valence-corrected chi connectivity index (χ2v) is 10.1. The maximum absolute atomic E-state index is 11.2. The van der Waals surface area contributed by atoms with Crippen LogP contribution in [0.2, 0.25) is 5.02 Å². The molecule has 0 spiro atoms. The fraction of sp³-hybridized carbons (Fsp3) is 0.324. The number of methoxy groups -OCH3 is 2. The van der Waals surface area contributed by atoms with Crippen LogP contribution in [0.25, 0.3) is 11.1 Å². The number of rotatable bonds is 18. The fourth-order valence-corrected chi connectivity index (χ4v) is 4.12. The summed E-state index contributed by atoms with van der Waals surface area (Å²) < 4.78 is 26.3. The van der Waals surface area contributed by atoms with Crippen molar-refractivity contribution < 1.29 is 38.1 Å². The van der Waals surface area contributed by atoms with Gasteiger partial charge in [0.15, 0.2) is 0 Å². The number of ether oxygens (including phenoxy) is 5. The van der Waals surface area contributed by atoms with E-state index in [2.05, 4.69) is 44.3 Å². The number of unbranched alkanes of at least 4 members (excludes halogenated alkanes) is 1. The van der Waals surface area contributed by atoms with E-state index in [4.69, 9.17) is 40.1 Å². The highest BCUT2D eigenvalue weighted by Gasteiger charge is 2.12. The molecule has 3 rings (SSSR count). The normalized spacial score (nSPS) is 10.5. The summed E-state index contributed by atoms with van der Waals surface area (Å²) in [4.78, 5) is 30.8. The van der Waals surface area contributed by atoms with E-state index < -0.39 is 12.1 Å². The Labute approximate surface area is 277 Å². The number of benzene rings is 3. The lowest BCUT2D eigenvalue weighted by molar-refractivity contribution is -0.149. The number of aryl methyl sites for hydroxylation is 1. The monoisotopic (exact) mass is 652 g/mol. The molecule has 3 aromatic carbocycles. The summed E-state index contributed by atoms with van der Waals surface area (Å²) in [6.45, 7) is 10.3. The number of esters is 1. The van der Waals surface area contributed by atoms with Crippen LogP contribution in [0.5, 0.6) is 11.5 Å². The fourth-order valence-electron chi connectivity index (χ4n) is 3.87. The molecule has 0 radical (unpaired) electrons. The van der Waals surface area contributed by atoms with E-state index in [-0.39, 0.29) is 13.2 Å². The molecule has 0 aliphatic heterocycles. The number of carbonyl (C=O) groups excluding carboxylic acids is 3. The van der Waals surface area contributed by atoms with Crippen LogP contribution < -0.4 is 9.47 Å². The molecular formula is C37H45ClO8. The second kappa shape index (κ2) is 25.0. The van der Waals surface area contributed by atoms with Gasteiger partial charge in [0.25, 0.3) is 0 Å². The van der Waals surface area contributed by atoms with Gasteiger partial charge >= 0.3 is 5.97 Å². The minimum atomic E-state index is -0.491. The first-order chi connectivity index (χ1) is 22.3. The Morgan fingerprint density at radius 3 is 2.09 bits per heavy atom. The third-order valence-corrected chi connectivity index (χ3v) is 6.44. The van der Waals surface area contributed by atoms with Gasteiger partial charge in [0.1, 0.15) is 30.2 Å². The van der Waals surface area contributed by atoms with Crippen molar-refractivity contribution in [1.82, 2.24) is 0 Å². The van der Waals surface area contributed by atoms with Crippen LogP contribution in [0.4, 0.5) is 0 Å². The molecule has 8 nitrogen and oxygen atoms in total. The summed E-state index contributed by atoms with van der Waals surface area (Å²) in [6.07, 6.45) is 7.26. The Balaban J connectivity index is 0.000000423. The molecule has 0 N–H and O–H groups in total. The van der Waals surface area contributed by atoms with Gasteiger partial charge in [-0.2, -0.15) is 0 Å². The van der Waals surface area contributed by atoms with E-state index in [0.717, 1.165) is 42.9 Å². The Morgan fingerprint density at radius 2 is 1.54 bits per heavy atom. The second-order valence-electron chi connectivity index (χ2n) is 9.70. The summed E-state index contributed by atoms with van der Waals surface area (Å²) >= 11 is 6.14. The molecule has 0 heterocycles. The first kappa shape index (κ1) is 39.8. The molecule has 0 aliphatic rings. The number of hydrogen-bond donors (Lipinski definition) is 0. The molecule has 0 saturated heterocycles. The highest BCUT2D eigenvalue weighted by molar-refractivity contribution is 6.32. The highest BCUT2D eigenvalue weighted by Crippen LogP contribution is 2.30. The molecule has 0 aliphatic carbocycles. The average molecular weight is 653 g/mol. The van der Waals surface area contributed by atoms with Crippen molar-refractivity contribution >= 4 is 30.1 Å². The van der Waals surface area contributed by atoms with E-state index in [0.29, 0.717) is 35.8 Å². The van der Waals surface area contributed by atoms with Crippen LogP contribution in [0.1, 0.15) is 42.1 Å². The van der Waals surface area contributed by atoms with Crippen molar-refractivity contribution in [3.05, 3.63) is 108 Å². The van der Waals surface area contributed by atoms with Crippen molar-refractivity contribution in [3.8, 4) is 22.6 Å². The molecule has 1 atom stereocenters. The minimum absolute atomic E-state index is 0.277. The number of carbonyl (C=O) groups is 3. The molecule has 46 heavy (non-hydrogen) atoms. The number of aldehydes is 2. The standard InChI is InChI=1S/C18H24O6.C16H17ClO.C3H4O/c1-3-18(20)24-17(13-21-2)14-22-10-4-5-11-23-16-8-6-15(12-19)7-9-16;1-3-4-12-5-7-13(8-6-12)14-9-10-16(18-2)15(17)11-14;1-2-3-4/h3,6-9,12,17H,1,4-5,10-11,13-14H2,2H3;5-11H,3-4H2,1-2H3;2-3H,1H2. The predicted octanol–water partition coefficient (Wildman–Crippen LogP) is 7.76. The van der Waals surface area contributed by atoms with Crippen molar-refractivity contribution in [2.75, 3.05) is 40.6 Å². The average Bonchev–Trinajstić information content (AvgIpc) is 3.09. The van der Waals surface area contributed by atoms with Gasteiger partial charge in [-0.05, 0) is 78.4 Å². The van der Waals surface area contributed by atoms with Gasteiger partial charge in [-0.1, -0.05) is 68.4 Å². The molecule has 9 heteroatoms. The number of allylic oxidation sites excluding steroid dienone is 1. The van der Waals surface area contributed by atoms with Crippen molar-refractivity contribution in [3.63, 3.8) is 0 Å². The topological polar surface area (TPSA) is 97.4 Å². The zero-order valence-electron chi connectivity index (χ0n) is 27.0. The first-order valence-electron chi connectivity index (χ1n) is 14.9. The Hall–Kier alpha value is -4.24. The van der Waals surface area contributed by atoms with E-state index in [9.17, 15) is 9.59 Å². The summed E-state index contributed by atoms with van der Waals surface area (Å²) in [6, 6.07) is 21.5.